The van der Waals surface area contributed by atoms with Crippen LogP contribution in [0.5, 0.6) is 11.5 Å². The summed E-state index contributed by atoms with van der Waals surface area (Å²) in [6.45, 7) is 1.11. The fraction of sp³-hybridized carbons (Fsp3) is 0.235. The van der Waals surface area contributed by atoms with Gasteiger partial charge in [0.2, 0.25) is 11.8 Å². The molecule has 2 amide bonds. The van der Waals surface area contributed by atoms with Crippen LogP contribution in [0.15, 0.2) is 95.9 Å². The van der Waals surface area contributed by atoms with E-state index in [9.17, 15) is 18.0 Å². The maximum absolute atomic E-state index is 14.5. The number of amides is 2. The second-order valence-electron chi connectivity index (χ2n) is 10.4. The molecule has 0 bridgehead atoms. The van der Waals surface area contributed by atoms with Crippen LogP contribution < -0.4 is 19.1 Å². The molecule has 0 aliphatic heterocycles. The molecule has 0 aliphatic rings. The monoisotopic (exact) mass is 683 g/mol. The summed E-state index contributed by atoms with van der Waals surface area (Å²) in [5.41, 5.74) is 2.37. The van der Waals surface area contributed by atoms with Gasteiger partial charge in [0.1, 0.15) is 12.6 Å². The molecule has 0 spiro atoms. The zero-order valence-electron chi connectivity index (χ0n) is 25.9. The van der Waals surface area contributed by atoms with Gasteiger partial charge in [0, 0.05) is 36.1 Å². The average molecular weight is 685 g/mol. The summed E-state index contributed by atoms with van der Waals surface area (Å²) >= 11 is 12.7. The third kappa shape index (κ3) is 8.12. The molecule has 0 aromatic heterocycles. The molecule has 0 heterocycles. The first-order valence-corrected chi connectivity index (χ1v) is 16.5. The first-order chi connectivity index (χ1) is 22.0. The molecule has 242 valence electrons. The van der Waals surface area contributed by atoms with E-state index in [1.165, 1.54) is 50.4 Å². The molecule has 1 N–H and O–H groups in total. The number of rotatable bonds is 13. The van der Waals surface area contributed by atoms with E-state index in [2.05, 4.69) is 5.32 Å². The molecule has 9 nitrogen and oxygen atoms in total. The van der Waals surface area contributed by atoms with E-state index < -0.39 is 34.4 Å². The molecule has 0 aliphatic carbocycles. The third-order valence-corrected chi connectivity index (χ3v) is 9.79. The Morgan fingerprint density at radius 3 is 2.15 bits per heavy atom. The Balaban J connectivity index is 1.84. The summed E-state index contributed by atoms with van der Waals surface area (Å²) in [6.07, 6.45) is 0.165. The van der Waals surface area contributed by atoms with Crippen molar-refractivity contribution in [3.8, 4) is 11.5 Å². The smallest absolute Gasteiger partial charge is 0.264 e. The molecule has 1 atom stereocenters. The van der Waals surface area contributed by atoms with Crippen LogP contribution >= 0.6 is 23.2 Å². The Morgan fingerprint density at radius 1 is 0.870 bits per heavy atom. The van der Waals surface area contributed by atoms with Gasteiger partial charge in [-0.3, -0.25) is 13.9 Å². The van der Waals surface area contributed by atoms with E-state index in [4.69, 9.17) is 32.7 Å². The quantitative estimate of drug-likeness (QED) is 0.188. The van der Waals surface area contributed by atoms with Crippen molar-refractivity contribution in [2.75, 3.05) is 32.1 Å². The molecule has 4 rings (SSSR count). The zero-order chi connectivity index (χ0) is 33.4. The lowest BCUT2D eigenvalue weighted by Crippen LogP contribution is -2.53. The molecular formula is C34H35Cl2N3O6S. The van der Waals surface area contributed by atoms with Gasteiger partial charge >= 0.3 is 0 Å². The van der Waals surface area contributed by atoms with Crippen molar-refractivity contribution in [2.24, 2.45) is 0 Å². The number of anilines is 1. The summed E-state index contributed by atoms with van der Waals surface area (Å²) in [7, 11) is 0.0834. The third-order valence-electron chi connectivity index (χ3n) is 7.42. The minimum atomic E-state index is -4.30. The molecule has 0 saturated carbocycles. The number of hydrogen-bond acceptors (Lipinski definition) is 6. The van der Waals surface area contributed by atoms with Gasteiger partial charge in [0.05, 0.1) is 24.8 Å². The summed E-state index contributed by atoms with van der Waals surface area (Å²) in [4.78, 5) is 29.2. The predicted octanol–water partition coefficient (Wildman–Crippen LogP) is 5.90. The number of benzene rings is 4. The highest BCUT2D eigenvalue weighted by atomic mass is 35.5. The lowest BCUT2D eigenvalue weighted by atomic mass is 10.0. The summed E-state index contributed by atoms with van der Waals surface area (Å²) in [6, 6.07) is 24.0. The van der Waals surface area contributed by atoms with Crippen LogP contribution in [-0.4, -0.2) is 59.0 Å². The van der Waals surface area contributed by atoms with Crippen molar-refractivity contribution in [1.29, 1.82) is 0 Å². The Morgan fingerprint density at radius 2 is 1.54 bits per heavy atom. The minimum Gasteiger partial charge on any atom is -0.493 e. The highest BCUT2D eigenvalue weighted by molar-refractivity contribution is 7.92. The highest BCUT2D eigenvalue weighted by Gasteiger charge is 2.35. The first kappa shape index (κ1) is 34.6. The van der Waals surface area contributed by atoms with E-state index in [1.807, 2.05) is 37.3 Å². The largest absolute Gasteiger partial charge is 0.493 e. The summed E-state index contributed by atoms with van der Waals surface area (Å²) < 4.78 is 40.3. The van der Waals surface area contributed by atoms with Gasteiger partial charge in [-0.05, 0) is 54.4 Å². The van der Waals surface area contributed by atoms with E-state index in [0.717, 1.165) is 15.4 Å². The molecule has 46 heavy (non-hydrogen) atoms. The van der Waals surface area contributed by atoms with Gasteiger partial charge in [0.15, 0.2) is 11.5 Å². The maximum atomic E-state index is 14.5. The Labute approximate surface area is 279 Å². The van der Waals surface area contributed by atoms with Crippen molar-refractivity contribution in [3.63, 3.8) is 0 Å². The van der Waals surface area contributed by atoms with E-state index >= 15 is 0 Å². The van der Waals surface area contributed by atoms with Crippen LogP contribution in [0.4, 0.5) is 5.69 Å². The fourth-order valence-electron chi connectivity index (χ4n) is 4.90. The molecule has 12 heteroatoms. The number of likely N-dealkylation sites (N-methyl/N-ethyl adjacent to an activating group) is 1. The van der Waals surface area contributed by atoms with Crippen molar-refractivity contribution < 1.29 is 27.5 Å². The number of nitrogens with one attached hydrogen (secondary N) is 1. The second-order valence-corrected chi connectivity index (χ2v) is 13.1. The SMILES string of the molecule is CNC(=O)C(Cc1ccccc1)N(Cc1ccc(Cl)cc1Cl)C(=O)CN(c1ccc(OC)c(OC)c1)S(=O)(=O)c1ccc(C)cc1. The lowest BCUT2D eigenvalue weighted by Gasteiger charge is -2.34. The standard InChI is InChI=1S/C34H35Cl2N3O6S/c1-23-10-15-28(16-11-23)46(42,43)39(27-14-17-31(44-3)32(20-27)45-4)22-33(40)38(21-25-12-13-26(35)19-29(25)36)30(34(41)37-2)18-24-8-6-5-7-9-24/h5-17,19-20,30H,18,21-22H2,1-4H3,(H,37,41). The minimum absolute atomic E-state index is 0.0138. The molecule has 4 aromatic rings. The first-order valence-electron chi connectivity index (χ1n) is 14.3. The molecule has 4 aromatic carbocycles. The van der Waals surface area contributed by atoms with Gasteiger partial charge in [-0.25, -0.2) is 8.42 Å². The number of carbonyl (C=O) groups is 2. The summed E-state index contributed by atoms with van der Waals surface area (Å²) in [5, 5.41) is 3.36. The van der Waals surface area contributed by atoms with Crippen molar-refractivity contribution >= 4 is 50.7 Å². The van der Waals surface area contributed by atoms with Gasteiger partial charge in [-0.1, -0.05) is 77.3 Å². The van der Waals surface area contributed by atoms with Gasteiger partial charge in [0.25, 0.3) is 10.0 Å². The number of carbonyl (C=O) groups excluding carboxylic acids is 2. The van der Waals surface area contributed by atoms with Crippen molar-refractivity contribution in [3.05, 3.63) is 118 Å². The number of ether oxygens (including phenoxy) is 2. The Kier molecular flexibility index (Phi) is 11.6. The number of nitrogens with zero attached hydrogens (tertiary/aromatic N) is 2. The molecule has 0 fully saturated rings. The normalized spacial score (nSPS) is 11.8. The topological polar surface area (TPSA) is 105 Å². The van der Waals surface area contributed by atoms with Crippen molar-refractivity contribution in [1.82, 2.24) is 10.2 Å². The van der Waals surface area contributed by atoms with E-state index in [-0.39, 0.29) is 29.3 Å². The Hall–Kier alpha value is -4.25. The van der Waals surface area contributed by atoms with Crippen molar-refractivity contribution in [2.45, 2.75) is 30.8 Å². The second kappa shape index (κ2) is 15.4. The molecule has 0 saturated heterocycles. The van der Waals surface area contributed by atoms with Gasteiger partial charge < -0.3 is 19.7 Å². The van der Waals surface area contributed by atoms with E-state index in [1.54, 1.807) is 36.4 Å². The number of sulfonamides is 1. The fourth-order valence-corrected chi connectivity index (χ4v) is 6.77. The van der Waals surface area contributed by atoms with Crippen LogP contribution in [0.3, 0.4) is 0 Å². The van der Waals surface area contributed by atoms with Crippen LogP contribution in [0.2, 0.25) is 10.0 Å². The number of hydrogen-bond donors (Lipinski definition) is 1. The van der Waals surface area contributed by atoms with Gasteiger partial charge in [-0.2, -0.15) is 0 Å². The molecule has 0 radical (unpaired) electrons. The van der Waals surface area contributed by atoms with Crippen LogP contribution in [0, 0.1) is 6.92 Å². The maximum Gasteiger partial charge on any atom is 0.264 e. The van der Waals surface area contributed by atoms with Crippen LogP contribution in [0.25, 0.3) is 0 Å². The number of methoxy groups -OCH3 is 2. The van der Waals surface area contributed by atoms with Crippen LogP contribution in [0.1, 0.15) is 16.7 Å². The zero-order valence-corrected chi connectivity index (χ0v) is 28.2. The Bertz CT molecular complexity index is 1790. The lowest BCUT2D eigenvalue weighted by molar-refractivity contribution is -0.139. The number of halogens is 2. The average Bonchev–Trinajstić information content (AvgIpc) is 3.05. The number of aryl methyl sites for hydroxylation is 1. The molecule has 1 unspecified atom stereocenters. The van der Waals surface area contributed by atoms with E-state index in [0.29, 0.717) is 21.4 Å². The predicted molar refractivity (Wildman–Crippen MR) is 180 cm³/mol. The summed E-state index contributed by atoms with van der Waals surface area (Å²) in [5.74, 6) is -0.414. The van der Waals surface area contributed by atoms with Gasteiger partial charge in [-0.15, -0.1) is 0 Å². The van der Waals surface area contributed by atoms with Crippen LogP contribution in [-0.2, 0) is 32.6 Å². The molecular weight excluding hydrogens is 649 g/mol. The highest BCUT2D eigenvalue weighted by Crippen LogP contribution is 2.34.